The SMILES string of the molecule is OCCC#Cc1cc(F)cc(CN2CCC(CO)C2)c1. The van der Waals surface area contributed by atoms with Crippen LogP contribution >= 0.6 is 0 Å². The third kappa shape index (κ3) is 4.31. The molecular formula is C16H20FNO2. The highest BCUT2D eigenvalue weighted by Crippen LogP contribution is 2.19. The Labute approximate surface area is 119 Å². The first-order valence-corrected chi connectivity index (χ1v) is 6.93. The van der Waals surface area contributed by atoms with Gasteiger partial charge in [0, 0.05) is 31.7 Å². The van der Waals surface area contributed by atoms with Crippen LogP contribution in [-0.4, -0.2) is 41.4 Å². The number of aliphatic hydroxyl groups is 2. The van der Waals surface area contributed by atoms with Crippen LogP contribution in [0.2, 0.25) is 0 Å². The van der Waals surface area contributed by atoms with Gasteiger partial charge in [-0.2, -0.15) is 0 Å². The van der Waals surface area contributed by atoms with Gasteiger partial charge < -0.3 is 10.2 Å². The maximum atomic E-state index is 13.6. The zero-order valence-corrected chi connectivity index (χ0v) is 11.5. The lowest BCUT2D eigenvalue weighted by Gasteiger charge is -2.15. The van der Waals surface area contributed by atoms with E-state index in [1.807, 2.05) is 6.07 Å². The molecule has 1 aromatic carbocycles. The Bertz CT molecular complexity index is 507. The van der Waals surface area contributed by atoms with Gasteiger partial charge in [0.15, 0.2) is 0 Å². The quantitative estimate of drug-likeness (QED) is 0.817. The van der Waals surface area contributed by atoms with E-state index in [2.05, 4.69) is 16.7 Å². The highest BCUT2D eigenvalue weighted by Gasteiger charge is 2.21. The van der Waals surface area contributed by atoms with Crippen molar-refractivity contribution in [3.8, 4) is 11.8 Å². The number of halogens is 1. The number of hydrogen-bond donors (Lipinski definition) is 2. The maximum absolute atomic E-state index is 13.6. The third-order valence-electron chi connectivity index (χ3n) is 3.46. The fourth-order valence-electron chi connectivity index (χ4n) is 2.50. The van der Waals surface area contributed by atoms with Gasteiger partial charge in [0.2, 0.25) is 0 Å². The van der Waals surface area contributed by atoms with Crippen LogP contribution in [0.25, 0.3) is 0 Å². The lowest BCUT2D eigenvalue weighted by molar-refractivity contribution is 0.220. The number of rotatable bonds is 4. The van der Waals surface area contributed by atoms with Gasteiger partial charge in [-0.25, -0.2) is 4.39 Å². The van der Waals surface area contributed by atoms with Crippen molar-refractivity contribution in [2.75, 3.05) is 26.3 Å². The van der Waals surface area contributed by atoms with E-state index in [0.29, 0.717) is 24.4 Å². The normalized spacial score (nSPS) is 18.9. The van der Waals surface area contributed by atoms with Crippen LogP contribution in [0, 0.1) is 23.6 Å². The molecule has 108 valence electrons. The van der Waals surface area contributed by atoms with E-state index < -0.39 is 0 Å². The van der Waals surface area contributed by atoms with Crippen LogP contribution in [0.5, 0.6) is 0 Å². The number of benzene rings is 1. The van der Waals surface area contributed by atoms with Gasteiger partial charge >= 0.3 is 0 Å². The summed E-state index contributed by atoms with van der Waals surface area (Å²) in [6.07, 6.45) is 1.39. The highest BCUT2D eigenvalue weighted by molar-refractivity contribution is 5.37. The van der Waals surface area contributed by atoms with Gasteiger partial charge in [-0.05, 0) is 42.6 Å². The van der Waals surface area contributed by atoms with Gasteiger partial charge in [-0.15, -0.1) is 0 Å². The molecule has 0 radical (unpaired) electrons. The molecule has 0 amide bonds. The van der Waals surface area contributed by atoms with Crippen LogP contribution in [0.3, 0.4) is 0 Å². The Hall–Kier alpha value is -1.41. The van der Waals surface area contributed by atoms with Crippen LogP contribution in [-0.2, 0) is 6.54 Å². The van der Waals surface area contributed by atoms with E-state index in [4.69, 9.17) is 10.2 Å². The summed E-state index contributed by atoms with van der Waals surface area (Å²) < 4.78 is 13.6. The molecule has 1 saturated heterocycles. The molecule has 0 bridgehead atoms. The Balaban J connectivity index is 2.03. The van der Waals surface area contributed by atoms with Gasteiger partial charge in [-0.3, -0.25) is 4.90 Å². The van der Waals surface area contributed by atoms with Crippen LogP contribution < -0.4 is 0 Å². The molecule has 1 aliphatic rings. The zero-order chi connectivity index (χ0) is 14.4. The largest absolute Gasteiger partial charge is 0.396 e. The molecule has 0 spiro atoms. The third-order valence-corrected chi connectivity index (χ3v) is 3.46. The summed E-state index contributed by atoms with van der Waals surface area (Å²) in [5.41, 5.74) is 1.54. The van der Waals surface area contributed by atoms with Crippen molar-refractivity contribution in [2.45, 2.75) is 19.4 Å². The van der Waals surface area contributed by atoms with E-state index >= 15 is 0 Å². The second-order valence-electron chi connectivity index (χ2n) is 5.20. The first-order chi connectivity index (χ1) is 9.71. The molecular weight excluding hydrogens is 257 g/mol. The molecule has 1 fully saturated rings. The van der Waals surface area contributed by atoms with Gasteiger partial charge in [0.25, 0.3) is 0 Å². The summed E-state index contributed by atoms with van der Waals surface area (Å²) in [7, 11) is 0. The Kier molecular flexibility index (Phi) is 5.54. The van der Waals surface area contributed by atoms with E-state index in [9.17, 15) is 4.39 Å². The smallest absolute Gasteiger partial charge is 0.124 e. The topological polar surface area (TPSA) is 43.7 Å². The predicted octanol–water partition coefficient (Wildman–Crippen LogP) is 1.37. The van der Waals surface area contributed by atoms with Crippen LogP contribution in [0.1, 0.15) is 24.0 Å². The Morgan fingerprint density at radius 2 is 2.15 bits per heavy atom. The predicted molar refractivity (Wildman–Crippen MR) is 75.5 cm³/mol. The zero-order valence-electron chi connectivity index (χ0n) is 11.5. The average Bonchev–Trinajstić information content (AvgIpc) is 2.86. The molecule has 2 N–H and O–H groups in total. The fourth-order valence-corrected chi connectivity index (χ4v) is 2.50. The number of nitrogens with zero attached hydrogens (tertiary/aromatic N) is 1. The maximum Gasteiger partial charge on any atom is 0.124 e. The minimum Gasteiger partial charge on any atom is -0.396 e. The Morgan fingerprint density at radius 1 is 1.30 bits per heavy atom. The molecule has 1 unspecified atom stereocenters. The highest BCUT2D eigenvalue weighted by atomic mass is 19.1. The average molecular weight is 277 g/mol. The van der Waals surface area contributed by atoms with E-state index in [-0.39, 0.29) is 19.0 Å². The van der Waals surface area contributed by atoms with Gasteiger partial charge in [0.1, 0.15) is 5.82 Å². The molecule has 2 rings (SSSR count). The van der Waals surface area contributed by atoms with E-state index in [0.717, 1.165) is 25.1 Å². The lowest BCUT2D eigenvalue weighted by atomic mass is 10.1. The summed E-state index contributed by atoms with van der Waals surface area (Å²) in [6.45, 7) is 2.72. The summed E-state index contributed by atoms with van der Waals surface area (Å²) in [5, 5.41) is 17.8. The summed E-state index contributed by atoms with van der Waals surface area (Å²) in [6, 6.07) is 4.83. The van der Waals surface area contributed by atoms with Crippen LogP contribution in [0.4, 0.5) is 4.39 Å². The molecule has 1 heterocycles. The van der Waals surface area contributed by atoms with Gasteiger partial charge in [0.05, 0.1) is 6.61 Å². The molecule has 0 saturated carbocycles. The van der Waals surface area contributed by atoms with Crippen molar-refractivity contribution < 1.29 is 14.6 Å². The fraction of sp³-hybridized carbons (Fsp3) is 0.500. The van der Waals surface area contributed by atoms with Crippen molar-refractivity contribution in [3.63, 3.8) is 0 Å². The number of aliphatic hydroxyl groups excluding tert-OH is 2. The molecule has 0 aromatic heterocycles. The number of hydrogen-bond acceptors (Lipinski definition) is 3. The molecule has 4 heteroatoms. The second-order valence-corrected chi connectivity index (χ2v) is 5.20. The molecule has 0 aliphatic carbocycles. The first-order valence-electron chi connectivity index (χ1n) is 6.93. The minimum atomic E-state index is -0.284. The van der Waals surface area contributed by atoms with Crippen molar-refractivity contribution in [1.29, 1.82) is 0 Å². The molecule has 1 aliphatic heterocycles. The van der Waals surface area contributed by atoms with Crippen molar-refractivity contribution in [1.82, 2.24) is 4.90 Å². The van der Waals surface area contributed by atoms with Gasteiger partial charge in [-0.1, -0.05) is 11.8 Å². The lowest BCUT2D eigenvalue weighted by Crippen LogP contribution is -2.21. The molecule has 1 atom stereocenters. The second kappa shape index (κ2) is 7.39. The summed E-state index contributed by atoms with van der Waals surface area (Å²) in [4.78, 5) is 2.22. The summed E-state index contributed by atoms with van der Waals surface area (Å²) in [5.74, 6) is 5.72. The Morgan fingerprint density at radius 3 is 2.85 bits per heavy atom. The van der Waals surface area contributed by atoms with E-state index in [1.165, 1.54) is 12.1 Å². The molecule has 20 heavy (non-hydrogen) atoms. The van der Waals surface area contributed by atoms with E-state index in [1.54, 1.807) is 0 Å². The standard InChI is InChI=1S/C16H20FNO2/c17-16-8-13(3-1-2-6-19)7-15(9-16)11-18-5-4-14(10-18)12-20/h7-9,14,19-20H,2,4-6,10-12H2. The number of likely N-dealkylation sites (tertiary alicyclic amines) is 1. The molecule has 1 aromatic rings. The molecule has 3 nitrogen and oxygen atoms in total. The first kappa shape index (κ1) is 15.0. The van der Waals surface area contributed by atoms with Crippen molar-refractivity contribution in [2.24, 2.45) is 5.92 Å². The summed E-state index contributed by atoms with van der Waals surface area (Å²) >= 11 is 0. The van der Waals surface area contributed by atoms with Crippen molar-refractivity contribution in [3.05, 3.63) is 35.1 Å². The van der Waals surface area contributed by atoms with Crippen molar-refractivity contribution >= 4 is 0 Å². The monoisotopic (exact) mass is 277 g/mol. The van der Waals surface area contributed by atoms with Crippen LogP contribution in [0.15, 0.2) is 18.2 Å². The minimum absolute atomic E-state index is 0.0193.